The van der Waals surface area contributed by atoms with Crippen molar-refractivity contribution in [3.05, 3.63) is 70.8 Å². The molecule has 38 heavy (non-hydrogen) atoms. The SMILES string of the molecule is CCCCc1nc(Cl)c([C@@](CO)(C(=O)OC)N(C)C)n1Cc1ccc(-c2ccccc2-c2nn[nH]n2)cc1. The van der Waals surface area contributed by atoms with Gasteiger partial charge in [-0.25, -0.2) is 9.78 Å². The highest BCUT2D eigenvalue weighted by molar-refractivity contribution is 6.30. The normalized spacial score (nSPS) is 13.0. The van der Waals surface area contributed by atoms with E-state index in [1.165, 1.54) is 7.11 Å². The van der Waals surface area contributed by atoms with Crippen molar-refractivity contribution in [3.63, 3.8) is 0 Å². The Kier molecular flexibility index (Phi) is 8.55. The van der Waals surface area contributed by atoms with Crippen LogP contribution in [-0.4, -0.2) is 74.0 Å². The Morgan fingerprint density at radius 1 is 1.16 bits per heavy atom. The van der Waals surface area contributed by atoms with Gasteiger partial charge in [0.25, 0.3) is 0 Å². The van der Waals surface area contributed by atoms with Gasteiger partial charge in [0.15, 0.2) is 10.7 Å². The third kappa shape index (κ3) is 5.07. The predicted octanol–water partition coefficient (Wildman–Crippen LogP) is 3.70. The molecule has 0 saturated heterocycles. The molecule has 200 valence electrons. The van der Waals surface area contributed by atoms with Crippen LogP contribution in [-0.2, 0) is 28.0 Å². The van der Waals surface area contributed by atoms with E-state index in [2.05, 4.69) is 32.5 Å². The lowest BCUT2D eigenvalue weighted by Crippen LogP contribution is -2.53. The van der Waals surface area contributed by atoms with Gasteiger partial charge >= 0.3 is 5.97 Å². The molecule has 0 aliphatic heterocycles. The summed E-state index contributed by atoms with van der Waals surface area (Å²) in [5.41, 5.74) is 2.74. The molecule has 0 bridgehead atoms. The molecular weight excluding hydrogens is 506 g/mol. The Labute approximate surface area is 226 Å². The summed E-state index contributed by atoms with van der Waals surface area (Å²) < 4.78 is 7.06. The standard InChI is InChI=1S/C27H32ClN7O3/c1-5-6-11-22-29-24(28)23(27(17-36,34(2)3)26(37)38-4)35(22)16-18-12-14-19(15-13-18)20-9-7-8-10-21(20)25-30-32-33-31-25/h7-10,12-15,36H,5-6,11,16-17H2,1-4H3,(H,30,31,32,33)/t27-/m0/s1. The number of nitrogens with one attached hydrogen (secondary N) is 1. The molecule has 10 nitrogen and oxygen atoms in total. The average molecular weight is 538 g/mol. The van der Waals surface area contributed by atoms with Crippen LogP contribution in [0.4, 0.5) is 0 Å². The van der Waals surface area contributed by atoms with Gasteiger partial charge in [-0.05, 0) is 42.4 Å². The zero-order valence-electron chi connectivity index (χ0n) is 22.0. The number of nitrogens with zero attached hydrogens (tertiary/aromatic N) is 6. The molecule has 0 spiro atoms. The van der Waals surface area contributed by atoms with Crippen molar-refractivity contribution in [1.82, 2.24) is 35.1 Å². The number of imidazole rings is 1. The number of ether oxygens (including phenoxy) is 1. The number of carbonyl (C=O) groups excluding carboxylic acids is 1. The fraction of sp³-hybridized carbons (Fsp3) is 0.370. The van der Waals surface area contributed by atoms with Crippen molar-refractivity contribution in [2.24, 2.45) is 0 Å². The van der Waals surface area contributed by atoms with Crippen LogP contribution >= 0.6 is 11.6 Å². The first kappa shape index (κ1) is 27.4. The highest BCUT2D eigenvalue weighted by atomic mass is 35.5. The maximum Gasteiger partial charge on any atom is 0.335 e. The second-order valence-electron chi connectivity index (χ2n) is 9.24. The number of aliphatic hydroxyl groups is 1. The number of aliphatic hydroxyl groups excluding tert-OH is 1. The smallest absolute Gasteiger partial charge is 0.335 e. The molecule has 0 unspecified atom stereocenters. The molecular formula is C27H32ClN7O3. The van der Waals surface area contributed by atoms with Crippen molar-refractivity contribution in [3.8, 4) is 22.5 Å². The lowest BCUT2D eigenvalue weighted by atomic mass is 9.94. The van der Waals surface area contributed by atoms with E-state index in [9.17, 15) is 9.90 Å². The fourth-order valence-corrected chi connectivity index (χ4v) is 5.03. The third-order valence-corrected chi connectivity index (χ3v) is 7.05. The number of halogens is 1. The van der Waals surface area contributed by atoms with Crippen molar-refractivity contribution < 1.29 is 14.6 Å². The van der Waals surface area contributed by atoms with Crippen molar-refractivity contribution in [2.45, 2.75) is 38.3 Å². The van der Waals surface area contributed by atoms with Gasteiger partial charge in [0, 0.05) is 18.5 Å². The number of hydrogen-bond donors (Lipinski definition) is 2. The third-order valence-electron chi connectivity index (χ3n) is 6.78. The van der Waals surface area contributed by atoms with E-state index in [-0.39, 0.29) is 5.15 Å². The van der Waals surface area contributed by atoms with Crippen molar-refractivity contribution in [1.29, 1.82) is 0 Å². The van der Waals surface area contributed by atoms with Crippen LogP contribution in [0, 0.1) is 0 Å². The minimum absolute atomic E-state index is 0.176. The summed E-state index contributed by atoms with van der Waals surface area (Å²) in [7, 11) is 4.72. The molecule has 0 aliphatic rings. The Hall–Kier alpha value is -3.60. The van der Waals surface area contributed by atoms with E-state index in [1.54, 1.807) is 19.0 Å². The van der Waals surface area contributed by atoms with E-state index < -0.39 is 18.1 Å². The fourth-order valence-electron chi connectivity index (χ4n) is 4.68. The molecule has 2 N–H and O–H groups in total. The first-order valence-electron chi connectivity index (χ1n) is 12.4. The summed E-state index contributed by atoms with van der Waals surface area (Å²) in [6, 6.07) is 16.0. The van der Waals surface area contributed by atoms with Gasteiger partial charge in [-0.1, -0.05) is 73.5 Å². The van der Waals surface area contributed by atoms with Gasteiger partial charge < -0.3 is 14.4 Å². The van der Waals surface area contributed by atoms with E-state index >= 15 is 0 Å². The number of carbonyl (C=O) groups is 1. The number of tetrazole rings is 1. The topological polar surface area (TPSA) is 122 Å². The Morgan fingerprint density at radius 2 is 1.87 bits per heavy atom. The summed E-state index contributed by atoms with van der Waals surface area (Å²) in [5.74, 6) is 0.667. The Bertz CT molecular complexity index is 1370. The Balaban J connectivity index is 1.76. The summed E-state index contributed by atoms with van der Waals surface area (Å²) in [6.45, 7) is 2.00. The van der Waals surface area contributed by atoms with Gasteiger partial charge in [0.1, 0.15) is 5.82 Å². The zero-order chi connectivity index (χ0) is 27.3. The molecule has 0 aliphatic carbocycles. The van der Waals surface area contributed by atoms with Crippen LogP contribution in [0.25, 0.3) is 22.5 Å². The number of benzene rings is 2. The molecule has 4 aromatic rings. The van der Waals surface area contributed by atoms with E-state index in [0.717, 1.165) is 40.9 Å². The number of aromatic amines is 1. The summed E-state index contributed by atoms with van der Waals surface area (Å²) >= 11 is 6.68. The molecule has 0 fully saturated rings. The van der Waals surface area contributed by atoms with E-state index in [0.29, 0.717) is 24.5 Å². The number of unbranched alkanes of at least 4 members (excludes halogenated alkanes) is 1. The van der Waals surface area contributed by atoms with Crippen molar-refractivity contribution in [2.75, 3.05) is 27.8 Å². The lowest BCUT2D eigenvalue weighted by molar-refractivity contribution is -0.158. The van der Waals surface area contributed by atoms with E-state index in [4.69, 9.17) is 16.3 Å². The molecule has 0 amide bonds. The van der Waals surface area contributed by atoms with Gasteiger partial charge in [0.05, 0.1) is 19.4 Å². The highest BCUT2D eigenvalue weighted by Crippen LogP contribution is 2.36. The number of esters is 1. The van der Waals surface area contributed by atoms with E-state index in [1.807, 2.05) is 53.1 Å². The van der Waals surface area contributed by atoms with Gasteiger partial charge in [0.2, 0.25) is 5.82 Å². The molecule has 11 heteroatoms. The van der Waals surface area contributed by atoms with Gasteiger partial charge in [-0.2, -0.15) is 5.21 Å². The zero-order valence-corrected chi connectivity index (χ0v) is 22.7. The van der Waals surface area contributed by atoms with Gasteiger partial charge in [-0.3, -0.25) is 4.90 Å². The molecule has 0 radical (unpaired) electrons. The van der Waals surface area contributed by atoms with Crippen LogP contribution in [0.3, 0.4) is 0 Å². The predicted molar refractivity (Wildman–Crippen MR) is 144 cm³/mol. The maximum atomic E-state index is 13.1. The number of aromatic nitrogens is 6. The first-order valence-corrected chi connectivity index (χ1v) is 12.8. The van der Waals surface area contributed by atoms with Gasteiger partial charge in [-0.15, -0.1) is 10.2 Å². The molecule has 2 aromatic carbocycles. The van der Waals surface area contributed by atoms with Crippen LogP contribution < -0.4 is 0 Å². The van der Waals surface area contributed by atoms with Crippen LogP contribution in [0.1, 0.15) is 36.8 Å². The van der Waals surface area contributed by atoms with Crippen LogP contribution in [0.5, 0.6) is 0 Å². The van der Waals surface area contributed by atoms with Crippen LogP contribution in [0.2, 0.25) is 5.15 Å². The summed E-state index contributed by atoms with van der Waals surface area (Å²) in [4.78, 5) is 19.3. The number of hydrogen-bond acceptors (Lipinski definition) is 8. The average Bonchev–Trinajstić information content (AvgIpc) is 3.57. The number of methoxy groups -OCH3 is 1. The molecule has 0 saturated carbocycles. The molecule has 2 aromatic heterocycles. The number of likely N-dealkylation sites (N-methyl/N-ethyl adjacent to an activating group) is 1. The quantitative estimate of drug-likeness (QED) is 0.278. The molecule has 4 rings (SSSR count). The summed E-state index contributed by atoms with van der Waals surface area (Å²) in [6.07, 6.45) is 2.57. The van der Waals surface area contributed by atoms with Crippen molar-refractivity contribution >= 4 is 17.6 Å². The highest BCUT2D eigenvalue weighted by Gasteiger charge is 2.48. The van der Waals surface area contributed by atoms with Crippen LogP contribution in [0.15, 0.2) is 48.5 Å². The maximum absolute atomic E-state index is 13.1. The second-order valence-corrected chi connectivity index (χ2v) is 9.60. The Morgan fingerprint density at radius 3 is 2.45 bits per heavy atom. The largest absolute Gasteiger partial charge is 0.467 e. The second kappa shape index (κ2) is 11.8. The lowest BCUT2D eigenvalue weighted by Gasteiger charge is -2.36. The number of rotatable bonds is 11. The number of H-pyrrole nitrogens is 1. The molecule has 1 atom stereocenters. The first-order chi connectivity index (χ1) is 18.4. The minimum Gasteiger partial charge on any atom is -0.467 e. The minimum atomic E-state index is -1.51. The number of aryl methyl sites for hydroxylation is 1. The monoisotopic (exact) mass is 537 g/mol. The summed E-state index contributed by atoms with van der Waals surface area (Å²) in [5, 5.41) is 25.1. The molecule has 2 heterocycles.